The van der Waals surface area contributed by atoms with Crippen molar-refractivity contribution in [2.24, 2.45) is 0 Å². The summed E-state index contributed by atoms with van der Waals surface area (Å²) in [6, 6.07) is 11.3. The number of hydrogen-bond donors (Lipinski definition) is 3. The van der Waals surface area contributed by atoms with Gasteiger partial charge in [0.25, 0.3) is 0 Å². The van der Waals surface area contributed by atoms with Crippen molar-refractivity contribution in [3.05, 3.63) is 58.6 Å². The van der Waals surface area contributed by atoms with Gasteiger partial charge in [-0.15, -0.1) is 0 Å². The van der Waals surface area contributed by atoms with Crippen LogP contribution in [0.25, 0.3) is 0 Å². The average molecular weight is 327 g/mol. The zero-order chi connectivity index (χ0) is 15.5. The molecular formula is C14H15ClN2O3S. The maximum atomic E-state index is 12.2. The van der Waals surface area contributed by atoms with E-state index in [1.54, 1.807) is 24.3 Å². The lowest BCUT2D eigenvalue weighted by molar-refractivity contribution is 0.281. The maximum Gasteiger partial charge on any atom is 0.242 e. The normalized spacial score (nSPS) is 11.5. The van der Waals surface area contributed by atoms with E-state index in [-0.39, 0.29) is 23.7 Å². The summed E-state index contributed by atoms with van der Waals surface area (Å²) in [6.45, 7) is 0.00393. The maximum absolute atomic E-state index is 12.2. The average Bonchev–Trinajstić information content (AvgIpc) is 2.48. The van der Waals surface area contributed by atoms with Gasteiger partial charge in [-0.1, -0.05) is 35.9 Å². The first-order valence-electron chi connectivity index (χ1n) is 6.16. The molecule has 2 aromatic rings. The molecule has 21 heavy (non-hydrogen) atoms. The Morgan fingerprint density at radius 3 is 2.57 bits per heavy atom. The van der Waals surface area contributed by atoms with Gasteiger partial charge in [0, 0.05) is 11.6 Å². The summed E-state index contributed by atoms with van der Waals surface area (Å²) >= 11 is 5.80. The topological polar surface area (TPSA) is 92.4 Å². The first-order valence-corrected chi connectivity index (χ1v) is 8.02. The Labute approximate surface area is 128 Å². The van der Waals surface area contributed by atoms with Crippen molar-refractivity contribution in [3.63, 3.8) is 0 Å². The van der Waals surface area contributed by atoms with Crippen LogP contribution in [0.2, 0.25) is 5.02 Å². The van der Waals surface area contributed by atoms with Crippen LogP contribution in [0, 0.1) is 0 Å². The number of halogens is 1. The number of hydrogen-bond acceptors (Lipinski definition) is 4. The first-order chi connectivity index (χ1) is 9.92. The van der Waals surface area contributed by atoms with E-state index in [0.29, 0.717) is 10.6 Å². The number of aliphatic hydroxyl groups is 1. The molecule has 0 heterocycles. The molecule has 0 aliphatic heterocycles. The predicted molar refractivity (Wildman–Crippen MR) is 82.3 cm³/mol. The fourth-order valence-corrected chi connectivity index (χ4v) is 3.24. The van der Waals surface area contributed by atoms with Gasteiger partial charge in [-0.25, -0.2) is 13.1 Å². The Kier molecular flexibility index (Phi) is 4.84. The van der Waals surface area contributed by atoms with Crippen molar-refractivity contribution in [2.45, 2.75) is 18.0 Å². The van der Waals surface area contributed by atoms with Crippen LogP contribution in [0.4, 0.5) is 5.69 Å². The SMILES string of the molecule is Nc1ccc(Cl)cc1S(=O)(=O)NCc1cccc(CO)c1. The third-order valence-corrected chi connectivity index (χ3v) is 4.60. The molecule has 2 aromatic carbocycles. The monoisotopic (exact) mass is 326 g/mol. The third kappa shape index (κ3) is 3.95. The van der Waals surface area contributed by atoms with Crippen LogP contribution in [-0.2, 0) is 23.2 Å². The van der Waals surface area contributed by atoms with Crippen LogP contribution in [-0.4, -0.2) is 13.5 Å². The summed E-state index contributed by atoms with van der Waals surface area (Å²) in [7, 11) is -3.75. The van der Waals surface area contributed by atoms with E-state index >= 15 is 0 Å². The molecule has 5 nitrogen and oxygen atoms in total. The van der Waals surface area contributed by atoms with E-state index in [0.717, 1.165) is 5.56 Å². The van der Waals surface area contributed by atoms with Gasteiger partial charge in [0.05, 0.1) is 12.3 Å². The van der Waals surface area contributed by atoms with Crippen LogP contribution < -0.4 is 10.5 Å². The van der Waals surface area contributed by atoms with Gasteiger partial charge in [-0.05, 0) is 29.3 Å². The largest absolute Gasteiger partial charge is 0.398 e. The summed E-state index contributed by atoms with van der Waals surface area (Å²) < 4.78 is 26.9. The summed E-state index contributed by atoms with van der Waals surface area (Å²) in [4.78, 5) is -0.0479. The summed E-state index contributed by atoms with van der Waals surface area (Å²) in [6.07, 6.45) is 0. The van der Waals surface area contributed by atoms with Crippen molar-refractivity contribution in [3.8, 4) is 0 Å². The second-order valence-electron chi connectivity index (χ2n) is 4.48. The van der Waals surface area contributed by atoms with Gasteiger partial charge in [0.2, 0.25) is 10.0 Å². The number of nitrogens with two attached hydrogens (primary N) is 1. The van der Waals surface area contributed by atoms with Crippen molar-refractivity contribution < 1.29 is 13.5 Å². The highest BCUT2D eigenvalue weighted by Gasteiger charge is 2.17. The molecule has 0 bridgehead atoms. The summed E-state index contributed by atoms with van der Waals surface area (Å²) in [5.41, 5.74) is 7.27. The molecule has 0 aromatic heterocycles. The van der Waals surface area contributed by atoms with Crippen LogP contribution in [0.15, 0.2) is 47.4 Å². The summed E-state index contributed by atoms with van der Waals surface area (Å²) in [5, 5.41) is 9.36. The number of anilines is 1. The standard InChI is InChI=1S/C14H15ClN2O3S/c15-12-4-5-13(16)14(7-12)21(19,20)17-8-10-2-1-3-11(6-10)9-18/h1-7,17-18H,8-9,16H2. The molecule has 4 N–H and O–H groups in total. The number of rotatable bonds is 5. The van der Waals surface area contributed by atoms with E-state index < -0.39 is 10.0 Å². The molecule has 0 aliphatic carbocycles. The highest BCUT2D eigenvalue weighted by Crippen LogP contribution is 2.22. The zero-order valence-electron chi connectivity index (χ0n) is 11.1. The molecule has 0 saturated carbocycles. The van der Waals surface area contributed by atoms with Gasteiger partial charge in [-0.3, -0.25) is 0 Å². The second kappa shape index (κ2) is 6.44. The van der Waals surface area contributed by atoms with E-state index in [4.69, 9.17) is 22.4 Å². The molecule has 0 fully saturated rings. The van der Waals surface area contributed by atoms with Gasteiger partial charge in [-0.2, -0.15) is 0 Å². The molecule has 0 radical (unpaired) electrons. The smallest absolute Gasteiger partial charge is 0.242 e. The van der Waals surface area contributed by atoms with E-state index in [1.807, 2.05) is 0 Å². The Morgan fingerprint density at radius 1 is 1.14 bits per heavy atom. The van der Waals surface area contributed by atoms with Crippen LogP contribution in [0.3, 0.4) is 0 Å². The van der Waals surface area contributed by atoms with Crippen LogP contribution in [0.5, 0.6) is 0 Å². The van der Waals surface area contributed by atoms with E-state index in [1.165, 1.54) is 18.2 Å². The Balaban J connectivity index is 2.19. The number of nitrogen functional groups attached to an aromatic ring is 1. The zero-order valence-corrected chi connectivity index (χ0v) is 12.7. The third-order valence-electron chi connectivity index (χ3n) is 2.91. The molecule has 2 rings (SSSR count). The Hall–Kier alpha value is -1.60. The molecule has 0 saturated heterocycles. The molecule has 0 unspecified atom stereocenters. The number of nitrogens with one attached hydrogen (secondary N) is 1. The van der Waals surface area contributed by atoms with Gasteiger partial charge in [0.15, 0.2) is 0 Å². The van der Waals surface area contributed by atoms with Crippen molar-refractivity contribution in [1.82, 2.24) is 4.72 Å². The van der Waals surface area contributed by atoms with E-state index in [2.05, 4.69) is 4.72 Å². The minimum absolute atomic E-state index is 0.0479. The van der Waals surface area contributed by atoms with Crippen LogP contribution in [0.1, 0.15) is 11.1 Å². The van der Waals surface area contributed by atoms with Crippen molar-refractivity contribution in [1.29, 1.82) is 0 Å². The molecule has 112 valence electrons. The Morgan fingerprint density at radius 2 is 1.86 bits per heavy atom. The lowest BCUT2D eigenvalue weighted by Gasteiger charge is -2.10. The van der Waals surface area contributed by atoms with Crippen molar-refractivity contribution >= 4 is 27.3 Å². The van der Waals surface area contributed by atoms with Gasteiger partial charge < -0.3 is 10.8 Å². The van der Waals surface area contributed by atoms with E-state index in [9.17, 15) is 8.42 Å². The molecule has 0 atom stereocenters. The molecule has 0 aliphatic rings. The molecule has 7 heteroatoms. The summed E-state index contributed by atoms with van der Waals surface area (Å²) in [5.74, 6) is 0. The molecular weight excluding hydrogens is 312 g/mol. The fraction of sp³-hybridized carbons (Fsp3) is 0.143. The highest BCUT2D eigenvalue weighted by molar-refractivity contribution is 7.89. The number of aliphatic hydroxyl groups excluding tert-OH is 1. The minimum Gasteiger partial charge on any atom is -0.398 e. The molecule has 0 spiro atoms. The predicted octanol–water partition coefficient (Wildman–Crippen LogP) is 1.89. The van der Waals surface area contributed by atoms with Gasteiger partial charge in [0.1, 0.15) is 4.90 Å². The Bertz CT molecular complexity index is 748. The lowest BCUT2D eigenvalue weighted by atomic mass is 10.1. The van der Waals surface area contributed by atoms with Gasteiger partial charge >= 0.3 is 0 Å². The number of benzene rings is 2. The lowest BCUT2D eigenvalue weighted by Crippen LogP contribution is -2.24. The highest BCUT2D eigenvalue weighted by atomic mass is 35.5. The first kappa shape index (κ1) is 15.8. The van der Waals surface area contributed by atoms with Crippen molar-refractivity contribution in [2.75, 3.05) is 5.73 Å². The fourth-order valence-electron chi connectivity index (χ4n) is 1.83. The van der Waals surface area contributed by atoms with Crippen LogP contribution >= 0.6 is 11.6 Å². The quantitative estimate of drug-likeness (QED) is 0.732. The molecule has 0 amide bonds. The second-order valence-corrected chi connectivity index (χ2v) is 6.66. The number of sulfonamides is 1. The minimum atomic E-state index is -3.75.